The highest BCUT2D eigenvalue weighted by Crippen LogP contribution is 2.21. The molecule has 1 heterocycles. The molecule has 0 saturated heterocycles. The van der Waals surface area contributed by atoms with E-state index in [0.29, 0.717) is 16.9 Å². The Kier molecular flexibility index (Phi) is 2.43. The molecule has 4 nitrogen and oxygen atoms in total. The highest BCUT2D eigenvalue weighted by atomic mass is 16.5. The number of fused-ring (bicyclic) bond motifs is 1. The molecule has 0 aliphatic carbocycles. The van der Waals surface area contributed by atoms with Crippen LogP contribution in [-0.2, 0) is 11.3 Å². The Morgan fingerprint density at radius 2 is 2.27 bits per heavy atom. The monoisotopic (exact) mass is 206 g/mol. The van der Waals surface area contributed by atoms with Crippen molar-refractivity contribution in [2.24, 2.45) is 0 Å². The van der Waals surface area contributed by atoms with Gasteiger partial charge in [0.1, 0.15) is 18.0 Å². The fourth-order valence-corrected chi connectivity index (χ4v) is 1.41. The molecule has 15 heavy (non-hydrogen) atoms. The standard InChI is InChI=1S/C11H10O4/c1-14-11(13)8-3-2-7-4-9(6-12)15-10(7)5-8/h2-5,12H,6H2,1H3. The number of furan rings is 1. The van der Waals surface area contributed by atoms with E-state index in [9.17, 15) is 4.79 Å². The van der Waals surface area contributed by atoms with Crippen molar-refractivity contribution in [3.8, 4) is 0 Å². The van der Waals surface area contributed by atoms with E-state index in [-0.39, 0.29) is 6.61 Å². The number of hydrogen-bond acceptors (Lipinski definition) is 4. The van der Waals surface area contributed by atoms with Gasteiger partial charge in [0.2, 0.25) is 0 Å². The topological polar surface area (TPSA) is 59.7 Å². The first kappa shape index (κ1) is 9.73. The molecule has 1 aromatic carbocycles. The van der Waals surface area contributed by atoms with Gasteiger partial charge in [-0.3, -0.25) is 0 Å². The Bertz CT molecular complexity index is 498. The van der Waals surface area contributed by atoms with Crippen LogP contribution in [0.25, 0.3) is 11.0 Å². The maximum absolute atomic E-state index is 11.2. The van der Waals surface area contributed by atoms with Crippen molar-refractivity contribution in [2.75, 3.05) is 7.11 Å². The van der Waals surface area contributed by atoms with Crippen LogP contribution >= 0.6 is 0 Å². The number of ether oxygens (including phenoxy) is 1. The Morgan fingerprint density at radius 3 is 2.93 bits per heavy atom. The van der Waals surface area contributed by atoms with Crippen molar-refractivity contribution < 1.29 is 19.1 Å². The second kappa shape index (κ2) is 3.74. The number of carbonyl (C=O) groups is 1. The number of rotatable bonds is 2. The fourth-order valence-electron chi connectivity index (χ4n) is 1.41. The van der Waals surface area contributed by atoms with Crippen LogP contribution in [0.15, 0.2) is 28.7 Å². The maximum atomic E-state index is 11.2. The second-order valence-electron chi connectivity index (χ2n) is 3.12. The molecule has 0 unspecified atom stereocenters. The second-order valence-corrected chi connectivity index (χ2v) is 3.12. The number of carbonyl (C=O) groups excluding carboxylic acids is 1. The summed E-state index contributed by atoms with van der Waals surface area (Å²) < 4.78 is 9.88. The maximum Gasteiger partial charge on any atom is 0.337 e. The highest BCUT2D eigenvalue weighted by molar-refractivity contribution is 5.93. The molecule has 2 aromatic rings. The van der Waals surface area contributed by atoms with Gasteiger partial charge in [0, 0.05) is 5.39 Å². The van der Waals surface area contributed by atoms with Crippen LogP contribution in [0.1, 0.15) is 16.1 Å². The summed E-state index contributed by atoms with van der Waals surface area (Å²) in [5.74, 6) is 0.0749. The van der Waals surface area contributed by atoms with Gasteiger partial charge < -0.3 is 14.3 Å². The lowest BCUT2D eigenvalue weighted by Gasteiger charge is -1.97. The molecule has 0 fully saturated rings. The third-order valence-corrected chi connectivity index (χ3v) is 2.15. The molecule has 0 radical (unpaired) electrons. The average molecular weight is 206 g/mol. The van der Waals surface area contributed by atoms with Crippen LogP contribution in [-0.4, -0.2) is 18.2 Å². The quantitative estimate of drug-likeness (QED) is 0.760. The third-order valence-electron chi connectivity index (χ3n) is 2.15. The van der Waals surface area contributed by atoms with Gasteiger partial charge in [-0.25, -0.2) is 4.79 Å². The van der Waals surface area contributed by atoms with Crippen molar-refractivity contribution in [3.63, 3.8) is 0 Å². The lowest BCUT2D eigenvalue weighted by atomic mass is 10.2. The van der Waals surface area contributed by atoms with Crippen molar-refractivity contribution in [1.82, 2.24) is 0 Å². The first-order chi connectivity index (χ1) is 7.24. The van der Waals surface area contributed by atoms with Gasteiger partial charge in [0.25, 0.3) is 0 Å². The smallest absolute Gasteiger partial charge is 0.337 e. The minimum absolute atomic E-state index is 0.151. The van der Waals surface area contributed by atoms with E-state index in [2.05, 4.69) is 4.74 Å². The van der Waals surface area contributed by atoms with Gasteiger partial charge >= 0.3 is 5.97 Å². The number of methoxy groups -OCH3 is 1. The largest absolute Gasteiger partial charge is 0.465 e. The summed E-state index contributed by atoms with van der Waals surface area (Å²) in [6.07, 6.45) is 0. The molecule has 0 spiro atoms. The minimum atomic E-state index is -0.404. The number of aliphatic hydroxyl groups is 1. The zero-order valence-corrected chi connectivity index (χ0v) is 8.19. The number of aliphatic hydroxyl groups excluding tert-OH is 1. The van der Waals surface area contributed by atoms with Gasteiger partial charge in [-0.1, -0.05) is 6.07 Å². The van der Waals surface area contributed by atoms with Crippen LogP contribution in [0.3, 0.4) is 0 Å². The Labute approximate surface area is 86.1 Å². The van der Waals surface area contributed by atoms with Gasteiger partial charge in [0.05, 0.1) is 12.7 Å². The highest BCUT2D eigenvalue weighted by Gasteiger charge is 2.08. The summed E-state index contributed by atoms with van der Waals surface area (Å²) in [4.78, 5) is 11.2. The number of esters is 1. The predicted octanol–water partition coefficient (Wildman–Crippen LogP) is 1.71. The van der Waals surface area contributed by atoms with E-state index in [4.69, 9.17) is 9.52 Å². The van der Waals surface area contributed by atoms with Crippen LogP contribution in [0.5, 0.6) is 0 Å². The summed E-state index contributed by atoms with van der Waals surface area (Å²) in [5, 5.41) is 9.73. The first-order valence-corrected chi connectivity index (χ1v) is 4.46. The molecule has 1 N–H and O–H groups in total. The minimum Gasteiger partial charge on any atom is -0.465 e. The van der Waals surface area contributed by atoms with Crippen LogP contribution in [0.2, 0.25) is 0 Å². The number of hydrogen-bond donors (Lipinski definition) is 1. The van der Waals surface area contributed by atoms with Gasteiger partial charge in [-0.2, -0.15) is 0 Å². The summed E-state index contributed by atoms with van der Waals surface area (Å²) in [6.45, 7) is -0.151. The van der Waals surface area contributed by atoms with Crippen LogP contribution in [0.4, 0.5) is 0 Å². The summed E-state index contributed by atoms with van der Waals surface area (Å²) >= 11 is 0. The molecule has 0 aliphatic heterocycles. The van der Waals surface area contributed by atoms with Crippen LogP contribution in [0, 0.1) is 0 Å². The van der Waals surface area contributed by atoms with Crippen LogP contribution < -0.4 is 0 Å². The zero-order valence-electron chi connectivity index (χ0n) is 8.19. The van der Waals surface area contributed by atoms with E-state index < -0.39 is 5.97 Å². The lowest BCUT2D eigenvalue weighted by molar-refractivity contribution is 0.0601. The average Bonchev–Trinajstić information content (AvgIpc) is 2.69. The van der Waals surface area contributed by atoms with Gasteiger partial charge in [-0.05, 0) is 18.2 Å². The van der Waals surface area contributed by atoms with E-state index in [1.54, 1.807) is 24.3 Å². The van der Waals surface area contributed by atoms with E-state index in [1.165, 1.54) is 7.11 Å². The predicted molar refractivity (Wildman–Crippen MR) is 53.5 cm³/mol. The molecule has 4 heteroatoms. The third kappa shape index (κ3) is 1.71. The summed E-state index contributed by atoms with van der Waals surface area (Å²) in [6, 6.07) is 6.74. The zero-order chi connectivity index (χ0) is 10.8. The van der Waals surface area contributed by atoms with Crippen molar-refractivity contribution in [1.29, 1.82) is 0 Å². The van der Waals surface area contributed by atoms with E-state index >= 15 is 0 Å². The van der Waals surface area contributed by atoms with Crippen molar-refractivity contribution in [3.05, 3.63) is 35.6 Å². The number of benzene rings is 1. The molecule has 0 amide bonds. The molecule has 0 aliphatic rings. The molecule has 0 saturated carbocycles. The first-order valence-electron chi connectivity index (χ1n) is 4.46. The van der Waals surface area contributed by atoms with E-state index in [0.717, 1.165) is 5.39 Å². The van der Waals surface area contributed by atoms with Crippen molar-refractivity contribution >= 4 is 16.9 Å². The lowest BCUT2D eigenvalue weighted by Crippen LogP contribution is -1.99. The SMILES string of the molecule is COC(=O)c1ccc2cc(CO)oc2c1. The summed E-state index contributed by atoms with van der Waals surface area (Å²) in [5.41, 5.74) is 1.01. The molecule has 78 valence electrons. The fraction of sp³-hybridized carbons (Fsp3) is 0.182. The molecular weight excluding hydrogens is 196 g/mol. The normalized spacial score (nSPS) is 10.5. The Morgan fingerprint density at radius 1 is 1.47 bits per heavy atom. The molecular formula is C11H10O4. The summed E-state index contributed by atoms with van der Waals surface area (Å²) in [7, 11) is 1.33. The van der Waals surface area contributed by atoms with Gasteiger partial charge in [-0.15, -0.1) is 0 Å². The van der Waals surface area contributed by atoms with Gasteiger partial charge in [0.15, 0.2) is 0 Å². The van der Waals surface area contributed by atoms with Crippen molar-refractivity contribution in [2.45, 2.75) is 6.61 Å². The van der Waals surface area contributed by atoms with E-state index in [1.807, 2.05) is 0 Å². The molecule has 2 rings (SSSR count). The Hall–Kier alpha value is -1.81. The Balaban J connectivity index is 2.50. The molecule has 0 bridgehead atoms. The molecule has 1 aromatic heterocycles. The molecule has 0 atom stereocenters.